The highest BCUT2D eigenvalue weighted by Crippen LogP contribution is 2.70. The molecule has 5 rings (SSSR count). The Hall–Kier alpha value is -1.53. The SMILES string of the molecule is COC(=O)C12CC(N3C=C(C(C)C)[C@](C)(c4ccc(Br)c(Cl)c4)NC3=O)(C1)C2. The second kappa shape index (κ2) is 6.23. The molecule has 3 aliphatic carbocycles. The van der Waals surface area contributed by atoms with Gasteiger partial charge in [0, 0.05) is 10.7 Å². The van der Waals surface area contributed by atoms with Gasteiger partial charge in [0.2, 0.25) is 0 Å². The number of benzene rings is 1. The van der Waals surface area contributed by atoms with Crippen molar-refractivity contribution in [3.63, 3.8) is 0 Å². The summed E-state index contributed by atoms with van der Waals surface area (Å²) in [6, 6.07) is 5.64. The summed E-state index contributed by atoms with van der Waals surface area (Å²) in [6.07, 6.45) is 4.01. The van der Waals surface area contributed by atoms with Gasteiger partial charge in [-0.25, -0.2) is 4.79 Å². The fraction of sp³-hybridized carbons (Fsp3) is 0.524. The topological polar surface area (TPSA) is 58.6 Å². The van der Waals surface area contributed by atoms with Crippen molar-refractivity contribution in [3.8, 4) is 0 Å². The molecule has 1 aromatic rings. The summed E-state index contributed by atoms with van der Waals surface area (Å²) in [7, 11) is 1.43. The van der Waals surface area contributed by atoms with Crippen LogP contribution in [0.1, 0.15) is 45.6 Å². The van der Waals surface area contributed by atoms with Gasteiger partial charge in [0.25, 0.3) is 0 Å². The minimum atomic E-state index is -0.643. The Morgan fingerprint density at radius 1 is 1.32 bits per heavy atom. The molecule has 1 aliphatic heterocycles. The molecule has 2 bridgehead atoms. The van der Waals surface area contributed by atoms with Crippen LogP contribution >= 0.6 is 27.5 Å². The van der Waals surface area contributed by atoms with Crippen LogP contribution in [-0.2, 0) is 15.1 Å². The molecule has 1 heterocycles. The van der Waals surface area contributed by atoms with Crippen molar-refractivity contribution < 1.29 is 14.3 Å². The molecule has 0 unspecified atom stereocenters. The van der Waals surface area contributed by atoms with Crippen LogP contribution in [0.3, 0.4) is 0 Å². The maximum Gasteiger partial charge on any atom is 0.322 e. The van der Waals surface area contributed by atoms with Crippen molar-refractivity contribution in [1.82, 2.24) is 10.2 Å². The molecule has 0 aromatic heterocycles. The number of hydrogen-bond donors (Lipinski definition) is 1. The number of amides is 2. The quantitative estimate of drug-likeness (QED) is 0.636. The molecule has 4 aliphatic rings. The molecule has 3 fully saturated rings. The molecule has 7 heteroatoms. The lowest BCUT2D eigenvalue weighted by Crippen LogP contribution is -2.78. The average molecular weight is 468 g/mol. The summed E-state index contributed by atoms with van der Waals surface area (Å²) >= 11 is 9.75. The van der Waals surface area contributed by atoms with E-state index < -0.39 is 5.54 Å². The highest BCUT2D eigenvalue weighted by molar-refractivity contribution is 9.10. The molecule has 2 amide bonds. The second-order valence-electron chi connectivity index (χ2n) is 8.82. The first-order valence-corrected chi connectivity index (χ1v) is 10.6. The summed E-state index contributed by atoms with van der Waals surface area (Å²) < 4.78 is 5.76. The minimum Gasteiger partial charge on any atom is -0.469 e. The van der Waals surface area contributed by atoms with Crippen LogP contribution in [0.4, 0.5) is 4.79 Å². The standard InChI is InChI=1S/C21H24BrClN2O3/c1-12(2)14-8-25(21-9-20(10-21,11-21)17(26)28-4)18(27)24-19(14,3)13-5-6-15(22)16(23)7-13/h5-8,12H,9-11H2,1-4H3,(H,24,27)/t19-,20?,21?/m0/s1. The van der Waals surface area contributed by atoms with E-state index in [1.807, 2.05) is 36.2 Å². The van der Waals surface area contributed by atoms with Crippen LogP contribution in [0, 0.1) is 11.3 Å². The van der Waals surface area contributed by atoms with E-state index in [-0.39, 0.29) is 28.9 Å². The molecule has 5 nitrogen and oxygen atoms in total. The summed E-state index contributed by atoms with van der Waals surface area (Å²) in [4.78, 5) is 26.9. The molecule has 1 atom stereocenters. The Labute approximate surface area is 178 Å². The molecular formula is C21H24BrClN2O3. The molecular weight excluding hydrogens is 444 g/mol. The van der Waals surface area contributed by atoms with E-state index in [2.05, 4.69) is 35.1 Å². The first-order valence-electron chi connectivity index (χ1n) is 9.45. The summed E-state index contributed by atoms with van der Waals surface area (Å²) in [5, 5.41) is 3.83. The maximum absolute atomic E-state index is 13.1. The fourth-order valence-corrected chi connectivity index (χ4v) is 5.65. The molecule has 0 radical (unpaired) electrons. The minimum absolute atomic E-state index is 0.135. The van der Waals surface area contributed by atoms with Gasteiger partial charge in [-0.1, -0.05) is 31.5 Å². The number of nitrogens with zero attached hydrogens (tertiary/aromatic N) is 1. The van der Waals surface area contributed by atoms with Gasteiger partial charge in [0.1, 0.15) is 0 Å². The van der Waals surface area contributed by atoms with Gasteiger partial charge < -0.3 is 10.1 Å². The third kappa shape index (κ3) is 2.57. The normalized spacial score (nSPS) is 33.6. The van der Waals surface area contributed by atoms with Crippen molar-refractivity contribution in [1.29, 1.82) is 0 Å². The third-order valence-corrected chi connectivity index (χ3v) is 7.90. The van der Waals surface area contributed by atoms with E-state index in [0.717, 1.165) is 15.6 Å². The Kier molecular flexibility index (Phi) is 4.40. The zero-order valence-corrected chi connectivity index (χ0v) is 18.8. The predicted octanol–water partition coefficient (Wildman–Crippen LogP) is 4.98. The number of methoxy groups -OCH3 is 1. The number of halogens is 2. The van der Waals surface area contributed by atoms with Crippen LogP contribution < -0.4 is 5.32 Å². The van der Waals surface area contributed by atoms with Gasteiger partial charge in [-0.2, -0.15) is 0 Å². The molecule has 1 aromatic carbocycles. The summed E-state index contributed by atoms with van der Waals surface area (Å²) in [5.41, 5.74) is 0.757. The lowest BCUT2D eigenvalue weighted by atomic mass is 9.38. The van der Waals surface area contributed by atoms with Gasteiger partial charge in [0.15, 0.2) is 0 Å². The number of carbonyl (C=O) groups excluding carboxylic acids is 2. The highest BCUT2D eigenvalue weighted by atomic mass is 79.9. The maximum atomic E-state index is 13.1. The Morgan fingerprint density at radius 2 is 1.96 bits per heavy atom. The summed E-state index contributed by atoms with van der Waals surface area (Å²) in [5.74, 6) is 0.0617. The lowest BCUT2D eigenvalue weighted by molar-refractivity contribution is -0.218. The molecule has 28 heavy (non-hydrogen) atoms. The average Bonchev–Trinajstić information content (AvgIpc) is 2.56. The highest BCUT2D eigenvalue weighted by Gasteiger charge is 2.75. The van der Waals surface area contributed by atoms with Gasteiger partial charge in [0.05, 0.1) is 28.6 Å². The van der Waals surface area contributed by atoms with Crippen LogP contribution in [0.5, 0.6) is 0 Å². The molecule has 0 spiro atoms. The summed E-state index contributed by atoms with van der Waals surface area (Å²) in [6.45, 7) is 6.27. The van der Waals surface area contributed by atoms with Crippen molar-refractivity contribution in [2.45, 2.75) is 51.1 Å². The Morgan fingerprint density at radius 3 is 2.50 bits per heavy atom. The molecule has 150 valence electrons. The number of urea groups is 1. The first-order chi connectivity index (χ1) is 13.1. The third-order valence-electron chi connectivity index (χ3n) is 6.67. The Bertz CT molecular complexity index is 893. The largest absolute Gasteiger partial charge is 0.469 e. The van der Waals surface area contributed by atoms with Gasteiger partial charge in [-0.3, -0.25) is 9.69 Å². The molecule has 1 N–H and O–H groups in total. The number of hydrogen-bond acceptors (Lipinski definition) is 3. The van der Waals surface area contributed by atoms with E-state index in [0.29, 0.717) is 24.3 Å². The van der Waals surface area contributed by atoms with Crippen LogP contribution in [0.2, 0.25) is 5.02 Å². The monoisotopic (exact) mass is 466 g/mol. The van der Waals surface area contributed by atoms with Crippen molar-refractivity contribution in [2.75, 3.05) is 7.11 Å². The van der Waals surface area contributed by atoms with Crippen LogP contribution in [0.25, 0.3) is 0 Å². The van der Waals surface area contributed by atoms with Gasteiger partial charge >= 0.3 is 12.0 Å². The van der Waals surface area contributed by atoms with Crippen molar-refractivity contribution >= 4 is 39.5 Å². The fourth-order valence-electron chi connectivity index (χ4n) is 5.22. The van der Waals surface area contributed by atoms with E-state index in [4.69, 9.17) is 16.3 Å². The molecule has 3 saturated carbocycles. The van der Waals surface area contributed by atoms with E-state index in [1.165, 1.54) is 7.11 Å². The van der Waals surface area contributed by atoms with Gasteiger partial charge in [-0.15, -0.1) is 0 Å². The zero-order chi connectivity index (χ0) is 20.5. The van der Waals surface area contributed by atoms with E-state index in [9.17, 15) is 9.59 Å². The number of nitrogens with one attached hydrogen (secondary N) is 1. The molecule has 0 saturated heterocycles. The van der Waals surface area contributed by atoms with Crippen LogP contribution in [0.15, 0.2) is 34.4 Å². The number of esters is 1. The number of ether oxygens (including phenoxy) is 1. The predicted molar refractivity (Wildman–Crippen MR) is 111 cm³/mol. The second-order valence-corrected chi connectivity index (χ2v) is 10.1. The Balaban J connectivity index is 1.68. The van der Waals surface area contributed by atoms with Crippen molar-refractivity contribution in [3.05, 3.63) is 45.0 Å². The van der Waals surface area contributed by atoms with E-state index >= 15 is 0 Å². The first kappa shape index (κ1) is 19.8. The van der Waals surface area contributed by atoms with Gasteiger partial charge in [-0.05, 0) is 71.3 Å². The number of rotatable bonds is 4. The van der Waals surface area contributed by atoms with Crippen LogP contribution in [-0.4, -0.2) is 29.5 Å². The van der Waals surface area contributed by atoms with E-state index in [1.54, 1.807) is 0 Å². The zero-order valence-electron chi connectivity index (χ0n) is 16.4. The van der Waals surface area contributed by atoms with Crippen molar-refractivity contribution in [2.24, 2.45) is 11.3 Å². The lowest BCUT2D eigenvalue weighted by Gasteiger charge is -2.71. The smallest absolute Gasteiger partial charge is 0.322 e. The number of carbonyl (C=O) groups is 2.